The molecule has 2 N–H and O–H groups in total. The third-order valence-electron chi connectivity index (χ3n) is 6.52. The summed E-state index contributed by atoms with van der Waals surface area (Å²) in [5, 5.41) is 19.1. The molecule has 0 radical (unpaired) electrons. The van der Waals surface area contributed by atoms with Crippen LogP contribution in [0, 0.1) is 17.3 Å². The maximum atomic E-state index is 10.6. The third kappa shape index (κ3) is 6.05. The van der Waals surface area contributed by atoms with E-state index in [0.717, 1.165) is 32.1 Å². The average Bonchev–Trinajstić information content (AvgIpc) is 2.90. The second kappa shape index (κ2) is 10.2. The largest absolute Gasteiger partial charge is 0.481 e. The molecule has 4 atom stereocenters. The number of allylic oxidation sites excluding steroid dienone is 2. The Morgan fingerprint density at radius 1 is 1.37 bits per heavy atom. The maximum Gasteiger partial charge on any atom is 0.303 e. The molecule has 2 aliphatic rings. The molecular weight excluding hydrogens is 340 g/mol. The fourth-order valence-electron chi connectivity index (χ4n) is 4.35. The quantitative estimate of drug-likeness (QED) is 0.398. The van der Waals surface area contributed by atoms with Crippen molar-refractivity contribution in [1.29, 1.82) is 0 Å². The molecular formula is C23H36O4. The van der Waals surface area contributed by atoms with E-state index in [1.165, 1.54) is 12.0 Å². The molecule has 2 fully saturated rings. The number of ether oxygens (including phenoxy) is 1. The van der Waals surface area contributed by atoms with Gasteiger partial charge in [0.25, 0.3) is 0 Å². The van der Waals surface area contributed by atoms with Crippen molar-refractivity contribution in [2.75, 3.05) is 7.11 Å². The predicted molar refractivity (Wildman–Crippen MR) is 108 cm³/mol. The lowest BCUT2D eigenvalue weighted by Crippen LogP contribution is -2.38. The summed E-state index contributed by atoms with van der Waals surface area (Å²) in [4.78, 5) is 10.6. The summed E-state index contributed by atoms with van der Waals surface area (Å²) >= 11 is 0. The molecule has 2 saturated carbocycles. The number of methoxy groups -OCH3 is 1. The summed E-state index contributed by atoms with van der Waals surface area (Å²) < 4.78 is 5.69. The van der Waals surface area contributed by atoms with Gasteiger partial charge in [0.1, 0.15) is 0 Å². The standard InChI is InChI=1S/C23H36O4/c1-17-16-20(27-3)19(11-8-12-21(24)23(2)14-9-15-23)18(17)10-6-4-5-7-13-22(25)26/h4,6,8,11,18-21,24H,1,5,7,9-10,12-16H2,2-3H3,(H,25,26)/b6-4-,11-8+/t18-,19+,20?,21?/m0/s1. The Labute approximate surface area is 164 Å². The zero-order valence-electron chi connectivity index (χ0n) is 16.9. The van der Waals surface area contributed by atoms with E-state index in [2.05, 4.69) is 37.8 Å². The summed E-state index contributed by atoms with van der Waals surface area (Å²) in [5.41, 5.74) is 1.32. The number of carboxylic acids is 1. The Morgan fingerprint density at radius 3 is 2.70 bits per heavy atom. The Balaban J connectivity index is 1.87. The number of unbranched alkanes of at least 4 members (excludes halogenated alkanes) is 1. The number of hydrogen-bond acceptors (Lipinski definition) is 3. The van der Waals surface area contributed by atoms with Crippen LogP contribution in [0.2, 0.25) is 0 Å². The molecule has 0 aliphatic heterocycles. The van der Waals surface area contributed by atoms with Gasteiger partial charge in [0.15, 0.2) is 0 Å². The van der Waals surface area contributed by atoms with Crippen molar-refractivity contribution in [3.63, 3.8) is 0 Å². The van der Waals surface area contributed by atoms with Gasteiger partial charge in [-0.2, -0.15) is 0 Å². The van der Waals surface area contributed by atoms with Crippen LogP contribution in [-0.2, 0) is 9.53 Å². The van der Waals surface area contributed by atoms with E-state index in [1.54, 1.807) is 7.11 Å². The fourth-order valence-corrected chi connectivity index (χ4v) is 4.35. The lowest BCUT2D eigenvalue weighted by molar-refractivity contribution is -0.137. The van der Waals surface area contributed by atoms with Gasteiger partial charge in [0.2, 0.25) is 0 Å². The Bertz CT molecular complexity index is 559. The first-order valence-corrected chi connectivity index (χ1v) is 10.3. The van der Waals surface area contributed by atoms with E-state index in [1.807, 2.05) is 0 Å². The van der Waals surface area contributed by atoms with Crippen molar-refractivity contribution in [2.45, 2.75) is 76.9 Å². The normalized spacial score (nSPS) is 28.7. The topological polar surface area (TPSA) is 66.8 Å². The van der Waals surface area contributed by atoms with Gasteiger partial charge in [-0.15, -0.1) is 0 Å². The summed E-state index contributed by atoms with van der Waals surface area (Å²) in [6.07, 6.45) is 16.1. The maximum absolute atomic E-state index is 10.6. The molecule has 2 rings (SSSR count). The highest BCUT2D eigenvalue weighted by atomic mass is 16.5. The van der Waals surface area contributed by atoms with Gasteiger partial charge in [-0.05, 0) is 56.3 Å². The highest BCUT2D eigenvalue weighted by Gasteiger charge is 2.39. The minimum atomic E-state index is -0.737. The second-order valence-corrected chi connectivity index (χ2v) is 8.50. The van der Waals surface area contributed by atoms with Crippen LogP contribution in [0.25, 0.3) is 0 Å². The molecule has 2 aliphatic carbocycles. The van der Waals surface area contributed by atoms with Gasteiger partial charge in [0, 0.05) is 19.4 Å². The van der Waals surface area contributed by atoms with Gasteiger partial charge in [-0.3, -0.25) is 4.79 Å². The van der Waals surface area contributed by atoms with Gasteiger partial charge < -0.3 is 14.9 Å². The van der Waals surface area contributed by atoms with Crippen LogP contribution in [0.3, 0.4) is 0 Å². The first-order valence-electron chi connectivity index (χ1n) is 10.3. The van der Waals surface area contributed by atoms with Crippen LogP contribution < -0.4 is 0 Å². The molecule has 27 heavy (non-hydrogen) atoms. The summed E-state index contributed by atoms with van der Waals surface area (Å²) in [6, 6.07) is 0. The number of aliphatic hydroxyl groups is 1. The van der Waals surface area contributed by atoms with Gasteiger partial charge in [-0.25, -0.2) is 0 Å². The van der Waals surface area contributed by atoms with Crippen molar-refractivity contribution in [2.24, 2.45) is 17.3 Å². The van der Waals surface area contributed by atoms with Crippen LogP contribution >= 0.6 is 0 Å². The first-order chi connectivity index (χ1) is 12.9. The number of rotatable bonds is 11. The molecule has 4 nitrogen and oxygen atoms in total. The van der Waals surface area contributed by atoms with Gasteiger partial charge >= 0.3 is 5.97 Å². The number of carbonyl (C=O) groups is 1. The zero-order chi connectivity index (χ0) is 19.9. The Hall–Kier alpha value is -1.39. The summed E-state index contributed by atoms with van der Waals surface area (Å²) in [6.45, 7) is 6.44. The Morgan fingerprint density at radius 2 is 2.11 bits per heavy atom. The highest BCUT2D eigenvalue weighted by molar-refractivity contribution is 5.66. The molecule has 2 unspecified atom stereocenters. The first kappa shape index (κ1) is 21.9. The van der Waals surface area contributed by atoms with Crippen molar-refractivity contribution in [3.05, 3.63) is 36.5 Å². The van der Waals surface area contributed by atoms with Crippen molar-refractivity contribution >= 4 is 5.97 Å². The van der Waals surface area contributed by atoms with E-state index in [0.29, 0.717) is 18.8 Å². The molecule has 152 valence electrons. The zero-order valence-corrected chi connectivity index (χ0v) is 16.9. The lowest BCUT2D eigenvalue weighted by Gasteiger charge is -2.42. The highest BCUT2D eigenvalue weighted by Crippen LogP contribution is 2.45. The molecule has 0 heterocycles. The fraction of sp³-hybridized carbons (Fsp3) is 0.696. The van der Waals surface area contributed by atoms with E-state index in [9.17, 15) is 9.90 Å². The SMILES string of the molecule is C=C1CC(OC)[C@H](/C=C/CC(O)C2(C)CCC2)[C@H]1C/C=C\CCCC(=O)O. The molecule has 0 aromatic carbocycles. The average molecular weight is 377 g/mol. The van der Waals surface area contributed by atoms with Crippen LogP contribution in [0.5, 0.6) is 0 Å². The van der Waals surface area contributed by atoms with E-state index in [-0.39, 0.29) is 30.0 Å². The van der Waals surface area contributed by atoms with Crippen LogP contribution in [0.4, 0.5) is 0 Å². The van der Waals surface area contributed by atoms with Gasteiger partial charge in [0.05, 0.1) is 12.2 Å². The predicted octanol–water partition coefficient (Wildman–Crippen LogP) is 4.89. The van der Waals surface area contributed by atoms with Crippen molar-refractivity contribution in [1.82, 2.24) is 0 Å². The van der Waals surface area contributed by atoms with Crippen LogP contribution in [-0.4, -0.2) is 35.5 Å². The van der Waals surface area contributed by atoms with Crippen LogP contribution in [0.15, 0.2) is 36.5 Å². The molecule has 0 saturated heterocycles. The molecule has 4 heteroatoms. The molecule has 0 amide bonds. The number of hydrogen-bond donors (Lipinski definition) is 2. The van der Waals surface area contributed by atoms with E-state index < -0.39 is 5.97 Å². The number of carboxylic acid groups (broad SMARTS) is 1. The van der Waals surface area contributed by atoms with Crippen molar-refractivity contribution < 1.29 is 19.7 Å². The van der Waals surface area contributed by atoms with Gasteiger partial charge in [-0.1, -0.05) is 49.8 Å². The van der Waals surface area contributed by atoms with E-state index >= 15 is 0 Å². The minimum absolute atomic E-state index is 0.0996. The second-order valence-electron chi connectivity index (χ2n) is 8.50. The smallest absolute Gasteiger partial charge is 0.303 e. The summed E-state index contributed by atoms with van der Waals surface area (Å²) in [7, 11) is 1.76. The molecule has 0 spiro atoms. The van der Waals surface area contributed by atoms with E-state index in [4.69, 9.17) is 9.84 Å². The Kier molecular flexibility index (Phi) is 8.30. The van der Waals surface area contributed by atoms with Crippen LogP contribution in [0.1, 0.15) is 64.7 Å². The number of aliphatic carboxylic acids is 1. The minimum Gasteiger partial charge on any atom is -0.481 e. The lowest BCUT2D eigenvalue weighted by atomic mass is 9.66. The molecule has 0 aromatic heterocycles. The third-order valence-corrected chi connectivity index (χ3v) is 6.52. The summed E-state index contributed by atoms with van der Waals surface area (Å²) in [5.74, 6) is -0.107. The number of aliphatic hydroxyl groups excluding tert-OH is 1. The van der Waals surface area contributed by atoms with Crippen molar-refractivity contribution in [3.8, 4) is 0 Å². The molecule has 0 bridgehead atoms. The monoisotopic (exact) mass is 376 g/mol. The molecule has 0 aromatic rings.